The number of aromatic nitrogens is 1. The van der Waals surface area contributed by atoms with E-state index in [4.69, 9.17) is 14.2 Å². The molecule has 0 bridgehead atoms. The van der Waals surface area contributed by atoms with Crippen molar-refractivity contribution in [3.63, 3.8) is 0 Å². The van der Waals surface area contributed by atoms with Crippen molar-refractivity contribution in [2.45, 2.75) is 24.4 Å². The first-order valence-electron chi connectivity index (χ1n) is 10.4. The molecule has 2 heterocycles. The molecule has 1 aliphatic rings. The van der Waals surface area contributed by atoms with Gasteiger partial charge >= 0.3 is 0 Å². The molecule has 0 saturated heterocycles. The van der Waals surface area contributed by atoms with Gasteiger partial charge in [-0.3, -0.25) is 10.1 Å². The van der Waals surface area contributed by atoms with Crippen LogP contribution in [0.5, 0.6) is 17.2 Å². The maximum absolute atomic E-state index is 13.9. The first-order chi connectivity index (χ1) is 16.2. The average Bonchev–Trinajstić information content (AvgIpc) is 3.31. The Bertz CT molecular complexity index is 1330. The van der Waals surface area contributed by atoms with Crippen LogP contribution >= 0.6 is 0 Å². The third kappa shape index (κ3) is 3.86. The molecule has 10 nitrogen and oxygen atoms in total. The molecule has 180 valence electrons. The lowest BCUT2D eigenvalue weighted by atomic mass is 10.0. The second-order valence-electron chi connectivity index (χ2n) is 7.81. The minimum atomic E-state index is -4.12. The number of ether oxygens (including phenoxy) is 3. The number of hydrogen-bond acceptors (Lipinski definition) is 7. The Kier molecular flexibility index (Phi) is 6.24. The molecular weight excluding hydrogens is 462 g/mol. The lowest BCUT2D eigenvalue weighted by Crippen LogP contribution is -2.42. The van der Waals surface area contributed by atoms with Crippen LogP contribution in [0.15, 0.2) is 53.6 Å². The van der Waals surface area contributed by atoms with Crippen molar-refractivity contribution >= 4 is 15.7 Å². The minimum Gasteiger partial charge on any atom is -0.493 e. The number of benzene rings is 2. The van der Waals surface area contributed by atoms with Crippen LogP contribution in [0.25, 0.3) is 0 Å². The van der Waals surface area contributed by atoms with Gasteiger partial charge in [0.15, 0.2) is 11.5 Å². The highest BCUT2D eigenvalue weighted by atomic mass is 32.2. The second kappa shape index (κ2) is 8.99. The first kappa shape index (κ1) is 23.6. The number of nitrogens with zero attached hydrogens (tertiary/aromatic N) is 3. The number of fused-ring (bicyclic) bond motifs is 1. The number of nitro benzene ring substituents is 1. The summed E-state index contributed by atoms with van der Waals surface area (Å²) in [5, 5.41) is 11.3. The molecule has 1 aromatic heterocycles. The van der Waals surface area contributed by atoms with Gasteiger partial charge in [-0.15, -0.1) is 0 Å². The molecule has 3 aromatic rings. The quantitative estimate of drug-likeness (QED) is 0.370. The zero-order valence-electron chi connectivity index (χ0n) is 19.2. The fourth-order valence-corrected chi connectivity index (χ4v) is 6.15. The average molecular weight is 488 g/mol. The van der Waals surface area contributed by atoms with E-state index in [0.29, 0.717) is 34.9 Å². The number of rotatable bonds is 7. The molecule has 1 aliphatic heterocycles. The molecule has 0 radical (unpaired) electrons. The van der Waals surface area contributed by atoms with Gasteiger partial charge in [-0.1, -0.05) is 6.07 Å². The highest BCUT2D eigenvalue weighted by Gasteiger charge is 2.39. The van der Waals surface area contributed by atoms with E-state index in [0.717, 1.165) is 11.8 Å². The van der Waals surface area contributed by atoms with Gasteiger partial charge in [-0.2, -0.15) is 4.31 Å². The summed E-state index contributed by atoms with van der Waals surface area (Å²) in [5.74, 6) is 1.18. The van der Waals surface area contributed by atoms with Gasteiger partial charge in [0.05, 0.1) is 37.2 Å². The molecule has 0 spiro atoms. The highest BCUT2D eigenvalue weighted by Crippen LogP contribution is 2.44. The van der Waals surface area contributed by atoms with Crippen molar-refractivity contribution in [2.24, 2.45) is 0 Å². The number of sulfonamides is 1. The summed E-state index contributed by atoms with van der Waals surface area (Å²) in [6, 6.07) is 10.3. The van der Waals surface area contributed by atoms with Crippen LogP contribution in [0.3, 0.4) is 0 Å². The standard InChI is InChI=1S/C23H25N3O7S/c1-15-7-8-17(26(27)28)14-21(15)34(29,30)25-11-10-24-9-5-6-18(24)22(25)16-12-19(31-2)23(33-4)20(13-16)32-3/h5-9,12-14,22H,10-11H2,1-4H3. The maximum atomic E-state index is 13.9. The van der Waals surface area contributed by atoms with Crippen molar-refractivity contribution in [1.82, 2.24) is 8.87 Å². The predicted octanol–water partition coefficient (Wildman–Crippen LogP) is 3.52. The van der Waals surface area contributed by atoms with Gasteiger partial charge in [0.25, 0.3) is 5.69 Å². The molecule has 0 saturated carbocycles. The summed E-state index contributed by atoms with van der Waals surface area (Å²) in [6.07, 6.45) is 1.89. The largest absolute Gasteiger partial charge is 0.493 e. The number of hydrogen-bond donors (Lipinski definition) is 0. The smallest absolute Gasteiger partial charge is 0.270 e. The Hall–Kier alpha value is -3.57. The zero-order chi connectivity index (χ0) is 24.6. The van der Waals surface area contributed by atoms with Gasteiger partial charge < -0.3 is 18.8 Å². The Morgan fingerprint density at radius 3 is 2.26 bits per heavy atom. The predicted molar refractivity (Wildman–Crippen MR) is 124 cm³/mol. The molecule has 0 aliphatic carbocycles. The van der Waals surface area contributed by atoms with E-state index in [-0.39, 0.29) is 17.1 Å². The molecule has 2 aromatic carbocycles. The van der Waals surface area contributed by atoms with Gasteiger partial charge in [0.1, 0.15) is 0 Å². The van der Waals surface area contributed by atoms with Gasteiger partial charge in [-0.25, -0.2) is 8.42 Å². The lowest BCUT2D eigenvalue weighted by molar-refractivity contribution is -0.385. The van der Waals surface area contributed by atoms with Crippen molar-refractivity contribution < 1.29 is 27.6 Å². The zero-order valence-corrected chi connectivity index (χ0v) is 20.0. The van der Waals surface area contributed by atoms with Crippen LogP contribution in [-0.2, 0) is 16.6 Å². The molecule has 0 amide bonds. The second-order valence-corrected chi connectivity index (χ2v) is 9.67. The van der Waals surface area contributed by atoms with Gasteiger partial charge in [0.2, 0.25) is 15.8 Å². The Labute approximate surface area is 197 Å². The van der Waals surface area contributed by atoms with E-state index >= 15 is 0 Å². The highest BCUT2D eigenvalue weighted by molar-refractivity contribution is 7.89. The minimum absolute atomic E-state index is 0.0980. The van der Waals surface area contributed by atoms with Crippen LogP contribution in [-0.4, -0.2) is 50.1 Å². The summed E-state index contributed by atoms with van der Waals surface area (Å²) in [6.45, 7) is 2.24. The molecule has 0 N–H and O–H groups in total. The summed E-state index contributed by atoms with van der Waals surface area (Å²) < 4.78 is 47.6. The normalized spacial score (nSPS) is 16.1. The monoisotopic (exact) mass is 487 g/mol. The van der Waals surface area contributed by atoms with E-state index < -0.39 is 21.0 Å². The first-order valence-corrected chi connectivity index (χ1v) is 11.9. The Morgan fingerprint density at radius 2 is 1.68 bits per heavy atom. The summed E-state index contributed by atoms with van der Waals surface area (Å²) in [4.78, 5) is 10.6. The molecule has 0 fully saturated rings. The van der Waals surface area contributed by atoms with E-state index in [1.165, 1.54) is 37.8 Å². The van der Waals surface area contributed by atoms with Crippen LogP contribution in [0, 0.1) is 17.0 Å². The fourth-order valence-electron chi connectivity index (χ4n) is 4.32. The van der Waals surface area contributed by atoms with Crippen molar-refractivity contribution in [3.05, 3.63) is 75.6 Å². The Morgan fingerprint density at radius 1 is 1.00 bits per heavy atom. The van der Waals surface area contributed by atoms with E-state index in [9.17, 15) is 18.5 Å². The van der Waals surface area contributed by atoms with E-state index in [2.05, 4.69) is 0 Å². The van der Waals surface area contributed by atoms with Gasteiger partial charge in [-0.05, 0) is 42.3 Å². The maximum Gasteiger partial charge on any atom is 0.270 e. The Balaban J connectivity index is 1.93. The number of aryl methyl sites for hydroxylation is 1. The molecule has 4 rings (SSSR count). The fraction of sp³-hybridized carbons (Fsp3) is 0.304. The molecular formula is C23H25N3O7S. The summed E-state index contributed by atoms with van der Waals surface area (Å²) >= 11 is 0. The molecule has 34 heavy (non-hydrogen) atoms. The topological polar surface area (TPSA) is 113 Å². The molecule has 1 unspecified atom stereocenters. The number of nitro groups is 1. The van der Waals surface area contributed by atoms with Crippen LogP contribution in [0.2, 0.25) is 0 Å². The number of non-ortho nitro benzene ring substituents is 1. The lowest BCUT2D eigenvalue weighted by Gasteiger charge is -2.37. The SMILES string of the molecule is COc1cc(C2c3cccn3CCN2S(=O)(=O)c2cc([N+](=O)[O-])ccc2C)cc(OC)c1OC. The van der Waals surface area contributed by atoms with E-state index in [1.807, 2.05) is 22.9 Å². The summed E-state index contributed by atoms with van der Waals surface area (Å²) in [7, 11) is 0.358. The third-order valence-electron chi connectivity index (χ3n) is 5.97. The molecule has 11 heteroatoms. The summed E-state index contributed by atoms with van der Waals surface area (Å²) in [5.41, 5.74) is 1.51. The van der Waals surface area contributed by atoms with Crippen molar-refractivity contribution in [3.8, 4) is 17.2 Å². The van der Waals surface area contributed by atoms with Gasteiger partial charge in [0, 0.05) is 37.1 Å². The van der Waals surface area contributed by atoms with Crippen molar-refractivity contribution in [1.29, 1.82) is 0 Å². The number of methoxy groups -OCH3 is 3. The van der Waals surface area contributed by atoms with E-state index in [1.54, 1.807) is 19.1 Å². The van der Waals surface area contributed by atoms with Crippen molar-refractivity contribution in [2.75, 3.05) is 27.9 Å². The van der Waals surface area contributed by atoms with Crippen LogP contribution in [0.4, 0.5) is 5.69 Å². The third-order valence-corrected chi connectivity index (χ3v) is 7.97. The molecule has 1 atom stereocenters. The van der Waals surface area contributed by atoms with Crippen LogP contribution < -0.4 is 14.2 Å². The van der Waals surface area contributed by atoms with Crippen LogP contribution in [0.1, 0.15) is 22.9 Å².